The van der Waals surface area contributed by atoms with Crippen LogP contribution in [0.5, 0.6) is 0 Å². The third-order valence-corrected chi connectivity index (χ3v) is 2.24. The lowest BCUT2D eigenvalue weighted by Gasteiger charge is -2.03. The third kappa shape index (κ3) is 2.26. The quantitative estimate of drug-likeness (QED) is 0.616. The van der Waals surface area contributed by atoms with E-state index in [1.165, 1.54) is 0 Å². The van der Waals surface area contributed by atoms with Crippen molar-refractivity contribution < 1.29 is 19.7 Å². The Bertz CT molecular complexity index is 641. The highest BCUT2D eigenvalue weighted by Gasteiger charge is 2.46. The monoisotopic (exact) mass is 287 g/mol. The van der Waals surface area contributed by atoms with Crippen molar-refractivity contribution in [2.24, 2.45) is 0 Å². The Morgan fingerprint density at radius 3 is 1.55 bits per heavy atom. The van der Waals surface area contributed by atoms with E-state index in [4.69, 9.17) is 0 Å². The van der Waals surface area contributed by atoms with Gasteiger partial charge in [0.15, 0.2) is 0 Å². The van der Waals surface area contributed by atoms with Crippen molar-refractivity contribution in [3.63, 3.8) is 0 Å². The van der Waals surface area contributed by atoms with Crippen LogP contribution in [0, 0.1) is 40.5 Å². The van der Waals surface area contributed by atoms with E-state index >= 15 is 0 Å². The second-order valence-corrected chi connectivity index (χ2v) is 3.27. The summed E-state index contributed by atoms with van der Waals surface area (Å²) < 4.78 is 0. The number of nitrogens with one attached hydrogen (secondary N) is 1. The molecule has 20 heavy (non-hydrogen) atoms. The fraction of sp³-hybridized carbons (Fsp3) is 0.143. The highest BCUT2D eigenvalue weighted by Crippen LogP contribution is 2.47. The lowest BCUT2D eigenvalue weighted by Crippen LogP contribution is -2.07. The molecule has 0 radical (unpaired) electrons. The number of nitrogens with zero attached hydrogens (tertiary/aromatic N) is 4. The van der Waals surface area contributed by atoms with E-state index < -0.39 is 48.1 Å². The SMILES string of the molecule is CNc1cc([N+](=O)[O-])c([N+](=O)[O-])c([N+](=O)[O-])c1[N+](=O)[O-]. The number of rotatable bonds is 5. The van der Waals surface area contributed by atoms with Gasteiger partial charge in [0.25, 0.3) is 0 Å². The average Bonchev–Trinajstić information content (AvgIpc) is 2.35. The Hall–Kier alpha value is -3.38. The van der Waals surface area contributed by atoms with Gasteiger partial charge in [-0.25, -0.2) is 0 Å². The average molecular weight is 287 g/mol. The smallest absolute Gasteiger partial charge is 0.382 e. The van der Waals surface area contributed by atoms with Crippen molar-refractivity contribution in [2.45, 2.75) is 0 Å². The molecule has 1 N–H and O–H groups in total. The summed E-state index contributed by atoms with van der Waals surface area (Å²) in [6.45, 7) is 0. The van der Waals surface area contributed by atoms with Crippen LogP contribution < -0.4 is 5.32 Å². The minimum Gasteiger partial charge on any atom is -0.382 e. The number of nitro benzene ring substituents is 4. The van der Waals surface area contributed by atoms with Gasteiger partial charge in [-0.3, -0.25) is 40.5 Å². The van der Waals surface area contributed by atoms with Gasteiger partial charge in [0.1, 0.15) is 5.69 Å². The van der Waals surface area contributed by atoms with Crippen molar-refractivity contribution in [2.75, 3.05) is 12.4 Å². The number of anilines is 1. The van der Waals surface area contributed by atoms with Crippen molar-refractivity contribution in [3.05, 3.63) is 46.5 Å². The first-order chi connectivity index (χ1) is 9.22. The molecule has 0 bridgehead atoms. The zero-order valence-electron chi connectivity index (χ0n) is 9.63. The molecule has 0 fully saturated rings. The van der Waals surface area contributed by atoms with E-state index in [9.17, 15) is 40.5 Å². The summed E-state index contributed by atoms with van der Waals surface area (Å²) in [5, 5.41) is 45.3. The number of nitro groups is 4. The van der Waals surface area contributed by atoms with E-state index in [0.29, 0.717) is 6.07 Å². The molecule has 0 saturated heterocycles. The van der Waals surface area contributed by atoms with Gasteiger partial charge in [0.2, 0.25) is 0 Å². The molecule has 1 aromatic rings. The van der Waals surface area contributed by atoms with Gasteiger partial charge in [0, 0.05) is 7.05 Å². The number of hydrogen-bond donors (Lipinski definition) is 1. The third-order valence-electron chi connectivity index (χ3n) is 2.24. The van der Waals surface area contributed by atoms with Crippen LogP contribution in [0.3, 0.4) is 0 Å². The molecule has 1 rings (SSSR count). The zero-order valence-corrected chi connectivity index (χ0v) is 9.63. The molecule has 1 aromatic carbocycles. The molecule has 0 spiro atoms. The molecule has 0 amide bonds. The predicted molar refractivity (Wildman–Crippen MR) is 62.6 cm³/mol. The summed E-state index contributed by atoms with van der Waals surface area (Å²) in [5.74, 6) is 0. The normalized spacial score (nSPS) is 9.85. The van der Waals surface area contributed by atoms with Crippen LogP contribution in [-0.2, 0) is 0 Å². The van der Waals surface area contributed by atoms with Gasteiger partial charge in [-0.15, -0.1) is 0 Å². The first-order valence-electron chi connectivity index (χ1n) is 4.68. The molecule has 0 aliphatic carbocycles. The van der Waals surface area contributed by atoms with E-state index in [2.05, 4.69) is 5.32 Å². The van der Waals surface area contributed by atoms with Crippen molar-refractivity contribution >= 4 is 28.4 Å². The Kier molecular flexibility index (Phi) is 3.73. The van der Waals surface area contributed by atoms with Gasteiger partial charge >= 0.3 is 22.7 Å². The van der Waals surface area contributed by atoms with E-state index in [0.717, 1.165) is 7.05 Å². The lowest BCUT2D eigenvalue weighted by molar-refractivity contribution is -0.451. The standard InChI is InChI=1S/C7H5N5O8/c1-8-3-2-4(9(13)14)6(11(17)18)7(12(19)20)5(3)10(15)16/h2,8H,1H3. The highest BCUT2D eigenvalue weighted by molar-refractivity contribution is 5.84. The predicted octanol–water partition coefficient (Wildman–Crippen LogP) is 1.36. The van der Waals surface area contributed by atoms with Crippen LogP contribution >= 0.6 is 0 Å². The minimum atomic E-state index is -1.54. The second kappa shape index (κ2) is 5.09. The molecule has 13 nitrogen and oxygen atoms in total. The Morgan fingerprint density at radius 1 is 0.800 bits per heavy atom. The van der Waals surface area contributed by atoms with Crippen molar-refractivity contribution in [1.29, 1.82) is 0 Å². The molecule has 13 heteroatoms. The molecule has 0 aliphatic heterocycles. The van der Waals surface area contributed by atoms with Crippen LogP contribution in [0.2, 0.25) is 0 Å². The largest absolute Gasteiger partial charge is 0.432 e. The number of hydrogen-bond acceptors (Lipinski definition) is 9. The van der Waals surface area contributed by atoms with Gasteiger partial charge in [-0.1, -0.05) is 0 Å². The molecule has 0 aromatic heterocycles. The number of benzene rings is 1. The molecule has 0 saturated carbocycles. The molecular formula is C7H5N5O8. The van der Waals surface area contributed by atoms with Crippen LogP contribution in [0.25, 0.3) is 0 Å². The van der Waals surface area contributed by atoms with Gasteiger partial charge in [-0.05, 0) is 0 Å². The van der Waals surface area contributed by atoms with E-state index in [-0.39, 0.29) is 0 Å². The summed E-state index contributed by atoms with van der Waals surface area (Å²) in [6, 6.07) is 0.503. The molecule has 0 atom stereocenters. The maximum atomic E-state index is 10.8. The summed E-state index contributed by atoms with van der Waals surface area (Å²) in [7, 11) is 1.13. The van der Waals surface area contributed by atoms with Crippen LogP contribution in [-0.4, -0.2) is 26.7 Å². The zero-order chi connectivity index (χ0) is 15.6. The fourth-order valence-electron chi connectivity index (χ4n) is 1.50. The summed E-state index contributed by atoms with van der Waals surface area (Å²) in [6.07, 6.45) is 0. The lowest BCUT2D eigenvalue weighted by atomic mass is 10.1. The van der Waals surface area contributed by atoms with Crippen LogP contribution in [0.4, 0.5) is 28.4 Å². The maximum Gasteiger partial charge on any atom is 0.432 e. The fourth-order valence-corrected chi connectivity index (χ4v) is 1.50. The minimum absolute atomic E-state index is 0.503. The molecular weight excluding hydrogens is 282 g/mol. The second-order valence-electron chi connectivity index (χ2n) is 3.27. The summed E-state index contributed by atoms with van der Waals surface area (Å²) in [5.41, 5.74) is -6.07. The van der Waals surface area contributed by atoms with E-state index in [1.807, 2.05) is 0 Å². The Morgan fingerprint density at radius 2 is 1.25 bits per heavy atom. The van der Waals surface area contributed by atoms with Crippen molar-refractivity contribution in [1.82, 2.24) is 0 Å². The Balaban J connectivity index is 4.02. The van der Waals surface area contributed by atoms with Crippen LogP contribution in [0.1, 0.15) is 0 Å². The van der Waals surface area contributed by atoms with E-state index in [1.54, 1.807) is 0 Å². The molecule has 0 aliphatic rings. The van der Waals surface area contributed by atoms with Gasteiger partial charge in [-0.2, -0.15) is 0 Å². The van der Waals surface area contributed by atoms with Crippen LogP contribution in [0.15, 0.2) is 6.07 Å². The summed E-state index contributed by atoms with van der Waals surface area (Å²) in [4.78, 5) is 37.9. The topological polar surface area (TPSA) is 185 Å². The first-order valence-corrected chi connectivity index (χ1v) is 4.68. The highest BCUT2D eigenvalue weighted by atomic mass is 16.7. The molecule has 0 heterocycles. The molecule has 106 valence electrons. The maximum absolute atomic E-state index is 10.8. The first kappa shape index (κ1) is 14.7. The summed E-state index contributed by atoms with van der Waals surface area (Å²) >= 11 is 0. The Labute approximate surface area is 108 Å². The van der Waals surface area contributed by atoms with Crippen molar-refractivity contribution in [3.8, 4) is 0 Å². The van der Waals surface area contributed by atoms with Gasteiger partial charge < -0.3 is 5.32 Å². The molecule has 0 unspecified atom stereocenters. The van der Waals surface area contributed by atoms with Gasteiger partial charge in [0.05, 0.1) is 25.8 Å².